The molecule has 2 fully saturated rings. The summed E-state index contributed by atoms with van der Waals surface area (Å²) in [5, 5.41) is 0. The van der Waals surface area contributed by atoms with E-state index < -0.39 is 5.82 Å². The highest BCUT2D eigenvalue weighted by molar-refractivity contribution is 5.68. The molecule has 0 radical (unpaired) electrons. The van der Waals surface area contributed by atoms with Gasteiger partial charge < -0.3 is 48.0 Å². The number of hydrogen-bond donors (Lipinski definition) is 0. The van der Waals surface area contributed by atoms with Gasteiger partial charge in [-0.3, -0.25) is 0 Å². The standard InChI is InChI=1S/2C22H21FN4O3/c23-19-5-2-6-20-21(19)29-12-9-27(20)22-24-14-18(15-25-22)30-17-4-1-3-16(13-17)26-7-10-28-11-8-26;23-16-4-5-21-20(12-16)27(8-11-29-21)22-24-14-19(15-25-22)30-18-3-1-2-17(13-18)26-6-9-28-10-7-26/h1-6,13-15H,7-12H2;1-5,12-15H,6-11H2. The van der Waals surface area contributed by atoms with Crippen LogP contribution in [0, 0.1) is 11.6 Å². The number of para-hydroxylation sites is 1. The normalized spacial score (nSPS) is 16.0. The molecule has 308 valence electrons. The van der Waals surface area contributed by atoms with Crippen LogP contribution in [0.5, 0.6) is 34.5 Å². The lowest BCUT2D eigenvalue weighted by Gasteiger charge is -2.29. The first kappa shape index (κ1) is 38.7. The zero-order valence-corrected chi connectivity index (χ0v) is 32.7. The summed E-state index contributed by atoms with van der Waals surface area (Å²) in [6.45, 7) is 8.31. The molecule has 0 aliphatic carbocycles. The number of halogens is 2. The molecular formula is C44H42F2N8O6. The molecule has 0 unspecified atom stereocenters. The Bertz CT molecular complexity index is 2270. The van der Waals surface area contributed by atoms with Crippen LogP contribution in [0.1, 0.15) is 0 Å². The Morgan fingerprint density at radius 1 is 0.483 bits per heavy atom. The quantitative estimate of drug-likeness (QED) is 0.150. The molecule has 6 heterocycles. The molecular weight excluding hydrogens is 775 g/mol. The SMILES string of the molecule is Fc1ccc2c(c1)N(c1ncc(Oc3cccc(N4CCOCC4)c3)cn1)CCO2.Fc1cccc2c1OCCN2c1ncc(Oc2cccc(N3CCOCC3)c2)cn1. The number of morpholine rings is 2. The fourth-order valence-corrected chi connectivity index (χ4v) is 7.22. The molecule has 10 rings (SSSR count). The first-order valence-corrected chi connectivity index (χ1v) is 19.8. The Balaban J connectivity index is 0.000000154. The summed E-state index contributed by atoms with van der Waals surface area (Å²) >= 11 is 0. The maximum atomic E-state index is 14.0. The zero-order chi connectivity index (χ0) is 40.7. The van der Waals surface area contributed by atoms with Gasteiger partial charge in [0, 0.05) is 55.8 Å². The molecule has 60 heavy (non-hydrogen) atoms. The minimum atomic E-state index is -0.391. The van der Waals surface area contributed by atoms with Crippen molar-refractivity contribution in [2.24, 2.45) is 0 Å². The van der Waals surface area contributed by atoms with Crippen molar-refractivity contribution >= 4 is 34.6 Å². The van der Waals surface area contributed by atoms with Gasteiger partial charge in [0.05, 0.1) is 75.7 Å². The van der Waals surface area contributed by atoms with Crippen LogP contribution < -0.4 is 38.5 Å². The average Bonchev–Trinajstić information content (AvgIpc) is 3.30. The summed E-state index contributed by atoms with van der Waals surface area (Å²) < 4.78 is 61.5. The Kier molecular flexibility index (Phi) is 11.6. The van der Waals surface area contributed by atoms with Gasteiger partial charge in [0.25, 0.3) is 0 Å². The van der Waals surface area contributed by atoms with Crippen molar-refractivity contribution in [2.45, 2.75) is 0 Å². The maximum absolute atomic E-state index is 14.0. The van der Waals surface area contributed by atoms with E-state index in [0.29, 0.717) is 78.3 Å². The number of ether oxygens (including phenoxy) is 6. The number of rotatable bonds is 8. The number of hydrogen-bond acceptors (Lipinski definition) is 14. The molecule has 0 spiro atoms. The molecule has 4 aliphatic heterocycles. The molecule has 14 nitrogen and oxygen atoms in total. The third-order valence-electron chi connectivity index (χ3n) is 10.2. The van der Waals surface area contributed by atoms with E-state index in [1.165, 1.54) is 18.2 Å². The van der Waals surface area contributed by atoms with Gasteiger partial charge in [0.2, 0.25) is 11.9 Å². The Hall–Kier alpha value is -6.78. The third-order valence-corrected chi connectivity index (χ3v) is 10.2. The summed E-state index contributed by atoms with van der Waals surface area (Å²) in [6, 6.07) is 25.1. The van der Waals surface area contributed by atoms with Gasteiger partial charge in [-0.25, -0.2) is 28.7 Å². The summed E-state index contributed by atoms with van der Waals surface area (Å²) in [4.78, 5) is 25.9. The smallest absolute Gasteiger partial charge is 0.230 e. The number of anilines is 6. The van der Waals surface area contributed by atoms with Crippen LogP contribution in [0.3, 0.4) is 0 Å². The van der Waals surface area contributed by atoms with Gasteiger partial charge >= 0.3 is 0 Å². The highest BCUT2D eigenvalue weighted by Crippen LogP contribution is 2.38. The van der Waals surface area contributed by atoms with E-state index in [-0.39, 0.29) is 11.6 Å². The topological polar surface area (TPSA) is 120 Å². The predicted octanol–water partition coefficient (Wildman–Crippen LogP) is 7.55. The maximum Gasteiger partial charge on any atom is 0.230 e. The largest absolute Gasteiger partial charge is 0.490 e. The molecule has 4 aliphatic rings. The number of aromatic nitrogens is 4. The molecule has 0 N–H and O–H groups in total. The predicted molar refractivity (Wildman–Crippen MR) is 221 cm³/mol. The van der Waals surface area contributed by atoms with Crippen LogP contribution in [0.25, 0.3) is 0 Å². The van der Waals surface area contributed by atoms with Crippen molar-refractivity contribution < 1.29 is 37.2 Å². The summed E-state index contributed by atoms with van der Waals surface area (Å²) in [5.74, 6) is 3.57. The molecule has 4 aromatic carbocycles. The molecule has 0 bridgehead atoms. The zero-order valence-electron chi connectivity index (χ0n) is 32.7. The fourth-order valence-electron chi connectivity index (χ4n) is 7.22. The van der Waals surface area contributed by atoms with Gasteiger partial charge in [0.1, 0.15) is 36.3 Å². The second kappa shape index (κ2) is 18.0. The van der Waals surface area contributed by atoms with Crippen LogP contribution in [-0.2, 0) is 9.47 Å². The molecule has 2 saturated heterocycles. The monoisotopic (exact) mass is 816 g/mol. The van der Waals surface area contributed by atoms with E-state index >= 15 is 0 Å². The molecule has 6 aromatic rings. The lowest BCUT2D eigenvalue weighted by atomic mass is 10.2. The molecule has 16 heteroatoms. The molecule has 0 amide bonds. The Morgan fingerprint density at radius 3 is 1.57 bits per heavy atom. The number of nitrogens with zero attached hydrogens (tertiary/aromatic N) is 8. The highest BCUT2D eigenvalue weighted by Gasteiger charge is 2.25. The lowest BCUT2D eigenvalue weighted by Crippen LogP contribution is -2.36. The van der Waals surface area contributed by atoms with Crippen molar-refractivity contribution in [3.05, 3.63) is 121 Å². The van der Waals surface area contributed by atoms with E-state index in [1.807, 2.05) is 46.2 Å². The highest BCUT2D eigenvalue weighted by atomic mass is 19.1. The van der Waals surface area contributed by atoms with Crippen LogP contribution in [-0.4, -0.2) is 98.8 Å². The first-order chi connectivity index (χ1) is 29.5. The average molecular weight is 817 g/mol. The van der Waals surface area contributed by atoms with Gasteiger partial charge in [-0.15, -0.1) is 0 Å². The van der Waals surface area contributed by atoms with Crippen molar-refractivity contribution in [3.8, 4) is 34.5 Å². The van der Waals surface area contributed by atoms with Crippen molar-refractivity contribution in [1.82, 2.24) is 19.9 Å². The van der Waals surface area contributed by atoms with Crippen LogP contribution >= 0.6 is 0 Å². The van der Waals surface area contributed by atoms with Crippen LogP contribution in [0.15, 0.2) is 110 Å². The van der Waals surface area contributed by atoms with Crippen LogP contribution in [0.2, 0.25) is 0 Å². The van der Waals surface area contributed by atoms with E-state index in [4.69, 9.17) is 28.4 Å². The van der Waals surface area contributed by atoms with Gasteiger partial charge in [-0.1, -0.05) is 18.2 Å². The van der Waals surface area contributed by atoms with E-state index in [0.717, 1.165) is 64.0 Å². The first-order valence-electron chi connectivity index (χ1n) is 19.8. The third kappa shape index (κ3) is 8.94. The van der Waals surface area contributed by atoms with Crippen molar-refractivity contribution in [2.75, 3.05) is 98.5 Å². The Morgan fingerprint density at radius 2 is 1.00 bits per heavy atom. The number of fused-ring (bicyclic) bond motifs is 2. The summed E-state index contributed by atoms with van der Waals surface area (Å²) in [7, 11) is 0. The Labute approximate surface area is 345 Å². The number of benzene rings is 4. The van der Waals surface area contributed by atoms with Crippen molar-refractivity contribution in [3.63, 3.8) is 0 Å². The van der Waals surface area contributed by atoms with Gasteiger partial charge in [-0.05, 0) is 48.5 Å². The molecule has 2 aromatic heterocycles. The molecule has 0 atom stereocenters. The van der Waals surface area contributed by atoms with Gasteiger partial charge in [0.15, 0.2) is 23.1 Å². The fraction of sp³-hybridized carbons (Fsp3) is 0.273. The van der Waals surface area contributed by atoms with E-state index in [2.05, 4.69) is 41.9 Å². The van der Waals surface area contributed by atoms with Crippen molar-refractivity contribution in [1.29, 1.82) is 0 Å². The van der Waals surface area contributed by atoms with Crippen LogP contribution in [0.4, 0.5) is 43.4 Å². The molecule has 0 saturated carbocycles. The van der Waals surface area contributed by atoms with E-state index in [9.17, 15) is 8.78 Å². The second-order valence-electron chi connectivity index (χ2n) is 14.0. The van der Waals surface area contributed by atoms with Gasteiger partial charge in [-0.2, -0.15) is 0 Å². The summed E-state index contributed by atoms with van der Waals surface area (Å²) in [5.41, 5.74) is 3.43. The summed E-state index contributed by atoms with van der Waals surface area (Å²) in [6.07, 6.45) is 6.49. The van der Waals surface area contributed by atoms with E-state index in [1.54, 1.807) is 43.0 Å². The lowest BCUT2D eigenvalue weighted by molar-refractivity contribution is 0.122. The minimum absolute atomic E-state index is 0.229. The minimum Gasteiger partial charge on any atom is -0.490 e. The second-order valence-corrected chi connectivity index (χ2v) is 14.0.